The van der Waals surface area contributed by atoms with Crippen LogP contribution in [0.4, 0.5) is 30.6 Å². The number of carbonyl (C=O) groups is 1. The normalized spacial score (nSPS) is 12.0. The van der Waals surface area contributed by atoms with Gasteiger partial charge in [0.1, 0.15) is 11.4 Å². The Kier molecular flexibility index (Phi) is 6.17. The number of amides is 1. The Hall–Kier alpha value is -2.12. The van der Waals surface area contributed by atoms with Crippen molar-refractivity contribution in [3.05, 3.63) is 23.7 Å². The summed E-state index contributed by atoms with van der Waals surface area (Å²) in [5, 5.41) is 9.68. The molecule has 3 N–H and O–H groups in total. The molecule has 12 heteroatoms. The predicted molar refractivity (Wildman–Crippen MR) is 103 cm³/mol. The van der Waals surface area contributed by atoms with E-state index in [4.69, 9.17) is 0 Å². The molecule has 0 unspecified atom stereocenters. The van der Waals surface area contributed by atoms with Crippen molar-refractivity contribution in [2.24, 2.45) is 0 Å². The average Bonchev–Trinajstić information content (AvgIpc) is 2.95. The van der Waals surface area contributed by atoms with Crippen LogP contribution in [0.1, 0.15) is 31.5 Å². The first-order chi connectivity index (χ1) is 12.5. The second kappa shape index (κ2) is 7.86. The highest BCUT2D eigenvalue weighted by Gasteiger charge is 2.35. The molecule has 0 bridgehead atoms. The lowest BCUT2D eigenvalue weighted by atomic mass is 10.0. The summed E-state index contributed by atoms with van der Waals surface area (Å²) in [4.78, 5) is 19.3. The van der Waals surface area contributed by atoms with E-state index in [2.05, 4.69) is 29.2 Å². The Morgan fingerprint density at radius 3 is 2.56 bits per heavy atom. The first-order valence-corrected chi connectivity index (χ1v) is 8.91. The monoisotopic (exact) mass is 497 g/mol. The fraction of sp³-hybridized carbons (Fsp3) is 0.467. The number of nitrogens with one attached hydrogen (secondary N) is 3. The molecule has 0 fully saturated rings. The summed E-state index contributed by atoms with van der Waals surface area (Å²) in [6.45, 7) is 5.43. The number of rotatable bonds is 6. The molecule has 2 rings (SSSR count). The number of aryl methyl sites for hydroxylation is 1. The first-order valence-electron chi connectivity index (χ1n) is 7.83. The van der Waals surface area contributed by atoms with Gasteiger partial charge in [0, 0.05) is 19.4 Å². The van der Waals surface area contributed by atoms with Gasteiger partial charge < -0.3 is 10.6 Å². The Balaban J connectivity index is 2.29. The quantitative estimate of drug-likeness (QED) is 0.419. The van der Waals surface area contributed by atoms with Crippen LogP contribution in [0, 0.1) is 6.92 Å². The number of hydrogen-bond donors (Lipinski definition) is 3. The number of aromatic nitrogens is 4. The van der Waals surface area contributed by atoms with E-state index in [1.165, 1.54) is 7.05 Å². The van der Waals surface area contributed by atoms with E-state index >= 15 is 0 Å². The van der Waals surface area contributed by atoms with Crippen LogP contribution in [0.2, 0.25) is 0 Å². The summed E-state index contributed by atoms with van der Waals surface area (Å²) < 4.78 is 43.0. The Morgan fingerprint density at radius 2 is 2.00 bits per heavy atom. The van der Waals surface area contributed by atoms with Crippen molar-refractivity contribution in [2.75, 3.05) is 17.7 Å². The number of alkyl halides is 3. The molecule has 8 nitrogen and oxygen atoms in total. The Labute approximate surface area is 167 Å². The third kappa shape index (κ3) is 4.99. The van der Waals surface area contributed by atoms with Crippen LogP contribution in [-0.4, -0.2) is 32.7 Å². The van der Waals surface area contributed by atoms with Gasteiger partial charge in [-0.05, 0) is 20.8 Å². The van der Waals surface area contributed by atoms with Crippen LogP contribution >= 0.6 is 22.9 Å². The third-order valence-corrected chi connectivity index (χ3v) is 4.40. The van der Waals surface area contributed by atoms with Crippen molar-refractivity contribution < 1.29 is 18.0 Å². The summed E-state index contributed by atoms with van der Waals surface area (Å²) in [5.41, 5.74) is -0.432. The van der Waals surface area contributed by atoms with Crippen LogP contribution in [0.3, 0.4) is 0 Å². The van der Waals surface area contributed by atoms with E-state index in [-0.39, 0.29) is 24.1 Å². The zero-order chi connectivity index (χ0) is 20.4. The molecule has 0 aliphatic rings. The van der Waals surface area contributed by atoms with Gasteiger partial charge >= 0.3 is 6.18 Å². The second-order valence-electron chi connectivity index (χ2n) is 6.41. The van der Waals surface area contributed by atoms with Crippen LogP contribution in [0.15, 0.2) is 12.4 Å². The fourth-order valence-electron chi connectivity index (χ4n) is 2.36. The van der Waals surface area contributed by atoms with Crippen LogP contribution in [0.25, 0.3) is 0 Å². The highest BCUT2D eigenvalue weighted by atomic mass is 127. The SMILES string of the molecule is CNc1nc(Nc2cn(C(C)(C)CC(=O)NI)nc2C)ncc1C(F)(F)F. The summed E-state index contributed by atoms with van der Waals surface area (Å²) in [5.74, 6) is -0.477. The van der Waals surface area contributed by atoms with Gasteiger partial charge in [0.15, 0.2) is 0 Å². The van der Waals surface area contributed by atoms with Gasteiger partial charge in [0.2, 0.25) is 11.9 Å². The molecule has 148 valence electrons. The fourth-order valence-corrected chi connectivity index (χ4v) is 2.55. The first kappa shape index (κ1) is 21.2. The van der Waals surface area contributed by atoms with Gasteiger partial charge in [-0.25, -0.2) is 4.98 Å². The van der Waals surface area contributed by atoms with Crippen molar-refractivity contribution in [1.29, 1.82) is 0 Å². The molecule has 0 spiro atoms. The van der Waals surface area contributed by atoms with E-state index in [1.54, 1.807) is 40.7 Å². The molecular weight excluding hydrogens is 478 g/mol. The highest BCUT2D eigenvalue weighted by Crippen LogP contribution is 2.34. The molecule has 2 aromatic rings. The minimum atomic E-state index is -4.55. The van der Waals surface area contributed by atoms with Crippen LogP contribution in [0.5, 0.6) is 0 Å². The molecule has 2 aromatic heterocycles. The van der Waals surface area contributed by atoms with Crippen LogP contribution < -0.4 is 14.2 Å². The highest BCUT2D eigenvalue weighted by molar-refractivity contribution is 14.1. The Bertz CT molecular complexity index is 835. The number of hydrogen-bond acceptors (Lipinski definition) is 6. The molecule has 0 radical (unpaired) electrons. The summed E-state index contributed by atoms with van der Waals surface area (Å²) in [6, 6.07) is 0. The molecule has 0 aliphatic carbocycles. The average molecular weight is 497 g/mol. The Morgan fingerprint density at radius 1 is 1.33 bits per heavy atom. The summed E-state index contributed by atoms with van der Waals surface area (Å²) >= 11 is 1.77. The topological polar surface area (TPSA) is 96.8 Å². The lowest BCUT2D eigenvalue weighted by Gasteiger charge is -2.24. The van der Waals surface area contributed by atoms with Crippen molar-refractivity contribution in [3.8, 4) is 0 Å². The number of halogens is 4. The number of anilines is 3. The molecule has 0 atom stereocenters. The van der Waals surface area contributed by atoms with E-state index in [9.17, 15) is 18.0 Å². The standard InChI is InChI=1S/C15H19F3IN7O/c1-8-10(7-26(25-8)14(2,3)5-11(27)24-19)22-13-21-6-9(15(16,17)18)12(20-4)23-13/h6-7H,5H2,1-4H3,(H,24,27)(H2,20,21,22,23). The van der Waals surface area contributed by atoms with Gasteiger partial charge in [0.25, 0.3) is 0 Å². The van der Waals surface area contributed by atoms with Gasteiger partial charge in [-0.3, -0.25) is 13.0 Å². The van der Waals surface area contributed by atoms with E-state index in [0.717, 1.165) is 6.20 Å². The number of nitrogens with zero attached hydrogens (tertiary/aromatic N) is 4. The summed E-state index contributed by atoms with van der Waals surface area (Å²) in [6.07, 6.45) is -1.97. The zero-order valence-electron chi connectivity index (χ0n) is 15.1. The lowest BCUT2D eigenvalue weighted by Crippen LogP contribution is -2.32. The molecule has 2 heterocycles. The molecular formula is C15H19F3IN7O. The molecule has 27 heavy (non-hydrogen) atoms. The number of carbonyl (C=O) groups excluding carboxylic acids is 1. The van der Waals surface area contributed by atoms with Crippen molar-refractivity contribution >= 4 is 46.2 Å². The maximum Gasteiger partial charge on any atom is 0.421 e. The van der Waals surface area contributed by atoms with E-state index < -0.39 is 17.3 Å². The second-order valence-corrected chi connectivity index (χ2v) is 6.95. The maximum absolute atomic E-state index is 12.9. The lowest BCUT2D eigenvalue weighted by molar-refractivity contribution is -0.137. The zero-order valence-corrected chi connectivity index (χ0v) is 17.2. The van der Waals surface area contributed by atoms with Crippen molar-refractivity contribution in [1.82, 2.24) is 23.3 Å². The maximum atomic E-state index is 12.9. The molecule has 0 saturated heterocycles. The minimum Gasteiger partial charge on any atom is -0.372 e. The van der Waals surface area contributed by atoms with Gasteiger partial charge in [-0.2, -0.15) is 23.3 Å². The predicted octanol–water partition coefficient (Wildman–Crippen LogP) is 3.38. The summed E-state index contributed by atoms with van der Waals surface area (Å²) in [7, 11) is 1.35. The molecule has 0 aliphatic heterocycles. The smallest absolute Gasteiger partial charge is 0.372 e. The van der Waals surface area contributed by atoms with Gasteiger partial charge in [0.05, 0.1) is 46.2 Å². The molecule has 1 amide bonds. The van der Waals surface area contributed by atoms with E-state index in [0.29, 0.717) is 11.4 Å². The molecule has 0 saturated carbocycles. The molecule has 0 aromatic carbocycles. The largest absolute Gasteiger partial charge is 0.421 e. The van der Waals surface area contributed by atoms with Crippen molar-refractivity contribution in [3.63, 3.8) is 0 Å². The van der Waals surface area contributed by atoms with Crippen LogP contribution in [-0.2, 0) is 16.5 Å². The van der Waals surface area contributed by atoms with Gasteiger partial charge in [-0.1, -0.05) is 0 Å². The van der Waals surface area contributed by atoms with Gasteiger partial charge in [-0.15, -0.1) is 0 Å². The third-order valence-electron chi connectivity index (χ3n) is 3.80. The van der Waals surface area contributed by atoms with E-state index in [1.807, 2.05) is 13.8 Å². The minimum absolute atomic E-state index is 0.00203. The van der Waals surface area contributed by atoms with Crippen molar-refractivity contribution in [2.45, 2.75) is 38.9 Å².